The van der Waals surface area contributed by atoms with E-state index >= 15 is 0 Å². The van der Waals surface area contributed by atoms with Gasteiger partial charge < -0.3 is 60.5 Å². The van der Waals surface area contributed by atoms with E-state index in [1.807, 2.05) is 34.0 Å². The van der Waals surface area contributed by atoms with Crippen molar-refractivity contribution in [3.8, 4) is 34.3 Å². The average Bonchev–Trinajstić information content (AvgIpc) is 1.61. The fourth-order valence-corrected chi connectivity index (χ4v) is 11.9. The summed E-state index contributed by atoms with van der Waals surface area (Å²) in [6, 6.07) is 17.1. The summed E-state index contributed by atoms with van der Waals surface area (Å²) in [6.45, 7) is 11.1. The van der Waals surface area contributed by atoms with Crippen LogP contribution >= 0.6 is 34.8 Å². The second-order valence-corrected chi connectivity index (χ2v) is 23.5. The number of hydrogen-bond acceptors (Lipinski definition) is 16. The zero-order chi connectivity index (χ0) is 62.1. The Kier molecular flexibility index (Phi) is 18.7. The number of H-pyrrole nitrogens is 4. The van der Waals surface area contributed by atoms with Crippen LogP contribution in [0.2, 0.25) is 15.1 Å². The largest absolute Gasteiger partial charge is 0.491 e. The number of nitrogens with one attached hydrogen (secondary N) is 5. The summed E-state index contributed by atoms with van der Waals surface area (Å²) in [7, 11) is 4.08. The topological polar surface area (TPSA) is 301 Å². The molecule has 0 radical (unpaired) electrons. The number of aromatic nitrogens is 6. The lowest BCUT2D eigenvalue weighted by Crippen LogP contribution is -2.46. The number of aliphatic hydroxyl groups excluding tert-OH is 2. The number of nitrogens with zero attached hydrogens (tertiary/aromatic N) is 6. The SMILES string of the molecule is Cc1c(Cl)cccc1OC[C@H](O)CN.Cc1c(Cl)cccc1OC[C@H](O)CNc1cc[nH]c(=O)c1-c1nc2c(C)c3c(cc2[nH]1)C(=O)N(C1CCN(C)CC1)C3=O.Cc1c2c(cc3[nH]c(-c4c(Cl)cc[nH]c4=O)nc13)C(=O)N(C1CCN(C)CC1)C2=O. The highest BCUT2D eigenvalue weighted by atomic mass is 35.5. The normalized spacial score (nSPS) is 16.4. The first-order valence-electron chi connectivity index (χ1n) is 28.5. The lowest BCUT2D eigenvalue weighted by molar-refractivity contribution is 0.0501. The second kappa shape index (κ2) is 26.2. The van der Waals surface area contributed by atoms with E-state index in [2.05, 4.69) is 40.0 Å². The molecule has 0 saturated carbocycles. The Labute approximate surface area is 514 Å². The number of fused-ring (bicyclic) bond motifs is 4. The molecule has 12 rings (SSSR count). The van der Waals surface area contributed by atoms with Crippen LogP contribution < -0.4 is 31.6 Å². The first kappa shape index (κ1) is 62.1. The quantitative estimate of drug-likeness (QED) is 0.0485. The highest BCUT2D eigenvalue weighted by Crippen LogP contribution is 2.38. The Morgan fingerprint density at radius 3 is 1.48 bits per heavy atom. The van der Waals surface area contributed by atoms with Gasteiger partial charge in [-0.1, -0.05) is 46.9 Å². The number of carbonyl (C=O) groups excluding carboxylic acids is 4. The van der Waals surface area contributed by atoms with Crippen molar-refractivity contribution < 1.29 is 38.9 Å². The van der Waals surface area contributed by atoms with E-state index < -0.39 is 17.8 Å². The van der Waals surface area contributed by atoms with Crippen LogP contribution in [0.25, 0.3) is 44.8 Å². The lowest BCUT2D eigenvalue weighted by atomic mass is 10.0. The molecule has 2 saturated heterocycles. The number of aromatic amines is 4. The minimum absolute atomic E-state index is 0.0126. The van der Waals surface area contributed by atoms with E-state index in [1.54, 1.807) is 68.4 Å². The molecule has 22 nitrogen and oxygen atoms in total. The molecule has 4 aliphatic rings. The van der Waals surface area contributed by atoms with Crippen molar-refractivity contribution in [3.05, 3.63) is 153 Å². The van der Waals surface area contributed by atoms with Gasteiger partial charge in [0.2, 0.25) is 0 Å². The van der Waals surface area contributed by atoms with Gasteiger partial charge >= 0.3 is 0 Å². The molecule has 2 atom stereocenters. The molecule has 87 heavy (non-hydrogen) atoms. The molecule has 8 heterocycles. The second-order valence-electron chi connectivity index (χ2n) is 22.2. The van der Waals surface area contributed by atoms with Crippen molar-refractivity contribution in [2.24, 2.45) is 5.73 Å². The third kappa shape index (κ3) is 12.6. The van der Waals surface area contributed by atoms with Crippen molar-refractivity contribution in [3.63, 3.8) is 0 Å². The van der Waals surface area contributed by atoms with Gasteiger partial charge in [0.05, 0.1) is 55.0 Å². The number of amides is 4. The number of aryl methyl sites for hydroxylation is 2. The third-order valence-electron chi connectivity index (χ3n) is 16.4. The molecule has 4 aromatic carbocycles. The van der Waals surface area contributed by atoms with E-state index in [-0.39, 0.29) is 89.5 Å². The zero-order valence-electron chi connectivity index (χ0n) is 48.8. The molecule has 0 spiro atoms. The first-order valence-corrected chi connectivity index (χ1v) is 29.6. The molecular formula is C62H67Cl3N12O10. The zero-order valence-corrected chi connectivity index (χ0v) is 51.0. The molecule has 4 amide bonds. The number of carbonyl (C=O) groups is 4. The van der Waals surface area contributed by atoms with Crippen LogP contribution in [0.5, 0.6) is 11.5 Å². The number of ether oxygens (including phenoxy) is 2. The predicted molar refractivity (Wildman–Crippen MR) is 334 cm³/mol. The van der Waals surface area contributed by atoms with Crippen LogP contribution in [0, 0.1) is 27.7 Å². The summed E-state index contributed by atoms with van der Waals surface area (Å²) in [5.41, 5.74) is 12.0. The van der Waals surface area contributed by atoms with E-state index in [9.17, 15) is 39.0 Å². The summed E-state index contributed by atoms with van der Waals surface area (Å²) in [5.74, 6) is 0.742. The maximum atomic E-state index is 13.5. The summed E-state index contributed by atoms with van der Waals surface area (Å²) in [5, 5.41) is 24.4. The number of benzene rings is 4. The van der Waals surface area contributed by atoms with Crippen LogP contribution in [-0.2, 0) is 0 Å². The Hall–Kier alpha value is -7.93. The van der Waals surface area contributed by atoms with Crippen LogP contribution in [-0.4, -0.2) is 174 Å². The Balaban J connectivity index is 0.000000164. The van der Waals surface area contributed by atoms with Gasteiger partial charge in [0, 0.05) is 58.7 Å². The molecule has 0 bridgehead atoms. The standard InChI is InChI=1S/C31H33ClN6O5.C21H20ClN5O3.C10H14ClNO2/c1-16-21(32)5-4-6-24(16)43-15-19(39)14-34-22-7-10-33-29(40)26(22)28-35-23-13-20-25(17(2)27(23)36-28)31(42)38(30(20)41)18-8-11-37(3)12-9-18;1-10-15-12(20(29)27(21(15)30)11-4-7-26(2)8-5-11)9-14-17(10)25-18(24-14)16-13(22)3-6-23-19(16)28;1-7-9(11)3-2-4-10(7)14-6-8(13)5-12/h4-7,10,13,18-19,39H,8-9,11-12,14-15H2,1-3H3,(H,35,36)(H2,33,34,40);3,6,9,11H,4-5,7-8H2,1-2H3,(H,23,28)(H,24,25);2-4,8,13H,5-6,12H2,1H3/t19-;;8-/m1.1/s1. The van der Waals surface area contributed by atoms with E-state index in [4.69, 9.17) is 55.0 Å². The third-order valence-corrected chi connectivity index (χ3v) is 17.5. The summed E-state index contributed by atoms with van der Waals surface area (Å²) in [4.78, 5) is 107. The van der Waals surface area contributed by atoms with Gasteiger partial charge in [-0.25, -0.2) is 9.97 Å². The number of likely N-dealkylation sites (tertiary alicyclic amines) is 2. The van der Waals surface area contributed by atoms with Crippen LogP contribution in [0.1, 0.15) is 89.4 Å². The van der Waals surface area contributed by atoms with Crippen LogP contribution in [0.15, 0.2) is 82.6 Å². The number of imidazole rings is 2. The van der Waals surface area contributed by atoms with Gasteiger partial charge in [-0.05, 0) is 153 Å². The highest BCUT2D eigenvalue weighted by molar-refractivity contribution is 6.33. The molecule has 25 heteroatoms. The maximum Gasteiger partial charge on any atom is 0.262 e. The van der Waals surface area contributed by atoms with Gasteiger partial charge in [-0.3, -0.25) is 38.6 Å². The van der Waals surface area contributed by atoms with Crippen molar-refractivity contribution in [2.75, 3.05) is 71.9 Å². The highest BCUT2D eigenvalue weighted by Gasteiger charge is 2.44. The van der Waals surface area contributed by atoms with Crippen LogP contribution in [0.3, 0.4) is 0 Å². The molecule has 4 aromatic heterocycles. The van der Waals surface area contributed by atoms with Crippen molar-refractivity contribution in [1.29, 1.82) is 0 Å². The number of rotatable bonds is 14. The fourth-order valence-electron chi connectivity index (χ4n) is 11.4. The average molecular weight is 1250 g/mol. The van der Waals surface area contributed by atoms with Gasteiger partial charge in [0.25, 0.3) is 34.7 Å². The number of nitrogens with two attached hydrogens (primary N) is 1. The molecule has 456 valence electrons. The first-order chi connectivity index (χ1) is 41.6. The number of hydrogen-bond donors (Lipinski definition) is 8. The maximum absolute atomic E-state index is 13.5. The smallest absolute Gasteiger partial charge is 0.262 e. The minimum Gasteiger partial charge on any atom is -0.491 e. The number of imide groups is 2. The van der Waals surface area contributed by atoms with Crippen molar-refractivity contribution >= 4 is 86.2 Å². The van der Waals surface area contributed by atoms with E-state index in [0.717, 1.165) is 63.0 Å². The van der Waals surface area contributed by atoms with Crippen molar-refractivity contribution in [1.82, 2.24) is 49.5 Å². The Bertz CT molecular complexity index is 4090. The molecule has 0 aliphatic carbocycles. The number of aliphatic hydroxyl groups is 2. The summed E-state index contributed by atoms with van der Waals surface area (Å²) >= 11 is 18.2. The molecule has 8 aromatic rings. The predicted octanol–water partition coefficient (Wildman–Crippen LogP) is 7.65. The van der Waals surface area contributed by atoms with E-state index in [1.165, 1.54) is 22.2 Å². The molecule has 4 aliphatic heterocycles. The van der Waals surface area contributed by atoms with Gasteiger partial charge in [-0.2, -0.15) is 0 Å². The number of pyridine rings is 2. The van der Waals surface area contributed by atoms with Gasteiger partial charge in [0.1, 0.15) is 59.7 Å². The van der Waals surface area contributed by atoms with Crippen LogP contribution in [0.4, 0.5) is 5.69 Å². The minimum atomic E-state index is -0.893. The van der Waals surface area contributed by atoms with Gasteiger partial charge in [0.15, 0.2) is 0 Å². The molecule has 2 fully saturated rings. The summed E-state index contributed by atoms with van der Waals surface area (Å²) < 4.78 is 11.1. The monoisotopic (exact) mass is 1240 g/mol. The number of piperidine rings is 2. The Morgan fingerprint density at radius 1 is 0.586 bits per heavy atom. The van der Waals surface area contributed by atoms with Gasteiger partial charge in [-0.15, -0.1) is 0 Å². The molecule has 9 N–H and O–H groups in total. The summed E-state index contributed by atoms with van der Waals surface area (Å²) in [6.07, 6.45) is 4.48. The molecular weight excluding hydrogens is 1180 g/mol. The lowest BCUT2D eigenvalue weighted by Gasteiger charge is -2.33. The fraction of sp³-hybridized carbons (Fsp3) is 0.355. The number of anilines is 1. The Morgan fingerprint density at radius 2 is 1.02 bits per heavy atom. The van der Waals surface area contributed by atoms with E-state index in [0.29, 0.717) is 88.5 Å². The van der Waals surface area contributed by atoms with Crippen molar-refractivity contribution in [2.45, 2.75) is 77.7 Å². The molecule has 0 unspecified atom stereocenters. The number of halogens is 3.